The standard InChI is InChI=1S/C15H27N3/c1-6-7-16-14(8-11(2)3)9-15-13(5)17-10-12(4)18-15/h10-11,14,16H,6-9H2,1-5H3. The Morgan fingerprint density at radius 3 is 2.61 bits per heavy atom. The summed E-state index contributed by atoms with van der Waals surface area (Å²) in [5.74, 6) is 0.706. The van der Waals surface area contributed by atoms with Crippen molar-refractivity contribution in [3.05, 3.63) is 23.3 Å². The normalized spacial score (nSPS) is 13.0. The number of rotatable bonds is 7. The maximum Gasteiger partial charge on any atom is 0.0634 e. The van der Waals surface area contributed by atoms with Crippen LogP contribution in [-0.2, 0) is 6.42 Å². The Morgan fingerprint density at radius 2 is 2.00 bits per heavy atom. The van der Waals surface area contributed by atoms with Crippen LogP contribution >= 0.6 is 0 Å². The molecule has 1 unspecified atom stereocenters. The summed E-state index contributed by atoms with van der Waals surface area (Å²) in [6.45, 7) is 11.9. The quantitative estimate of drug-likeness (QED) is 0.807. The van der Waals surface area contributed by atoms with Gasteiger partial charge in [0.1, 0.15) is 0 Å². The van der Waals surface area contributed by atoms with Crippen molar-refractivity contribution in [3.63, 3.8) is 0 Å². The van der Waals surface area contributed by atoms with Crippen molar-refractivity contribution in [3.8, 4) is 0 Å². The second-order valence-corrected chi connectivity index (χ2v) is 5.53. The maximum absolute atomic E-state index is 4.63. The highest BCUT2D eigenvalue weighted by Crippen LogP contribution is 2.12. The zero-order valence-corrected chi connectivity index (χ0v) is 12.5. The van der Waals surface area contributed by atoms with Gasteiger partial charge in [-0.25, -0.2) is 0 Å². The van der Waals surface area contributed by atoms with Gasteiger partial charge in [0.25, 0.3) is 0 Å². The average Bonchev–Trinajstić information content (AvgIpc) is 2.30. The van der Waals surface area contributed by atoms with Crippen LogP contribution in [0.5, 0.6) is 0 Å². The van der Waals surface area contributed by atoms with Crippen LogP contribution in [0, 0.1) is 19.8 Å². The molecular formula is C15H27N3. The molecule has 0 spiro atoms. The van der Waals surface area contributed by atoms with Gasteiger partial charge in [-0.1, -0.05) is 20.8 Å². The topological polar surface area (TPSA) is 37.8 Å². The van der Waals surface area contributed by atoms with Gasteiger partial charge >= 0.3 is 0 Å². The summed E-state index contributed by atoms with van der Waals surface area (Å²) in [6.07, 6.45) is 5.19. The molecule has 0 aliphatic rings. The van der Waals surface area contributed by atoms with E-state index in [1.807, 2.05) is 20.0 Å². The van der Waals surface area contributed by atoms with Crippen LogP contribution in [-0.4, -0.2) is 22.6 Å². The molecule has 0 radical (unpaired) electrons. The lowest BCUT2D eigenvalue weighted by Gasteiger charge is -2.21. The molecule has 102 valence electrons. The largest absolute Gasteiger partial charge is 0.314 e. The van der Waals surface area contributed by atoms with Gasteiger partial charge in [0.15, 0.2) is 0 Å². The van der Waals surface area contributed by atoms with Crippen LogP contribution in [0.1, 0.15) is 50.7 Å². The Bertz CT molecular complexity index is 361. The predicted molar refractivity (Wildman–Crippen MR) is 76.7 cm³/mol. The molecule has 0 aromatic carbocycles. The van der Waals surface area contributed by atoms with E-state index in [1.54, 1.807) is 0 Å². The molecule has 3 nitrogen and oxygen atoms in total. The molecule has 0 aliphatic carbocycles. The summed E-state index contributed by atoms with van der Waals surface area (Å²) in [6, 6.07) is 0.514. The predicted octanol–water partition coefficient (Wildman–Crippen LogP) is 3.05. The van der Waals surface area contributed by atoms with Crippen molar-refractivity contribution < 1.29 is 0 Å². The lowest BCUT2D eigenvalue weighted by Crippen LogP contribution is -2.33. The first-order chi connectivity index (χ1) is 8.52. The molecule has 1 atom stereocenters. The van der Waals surface area contributed by atoms with Crippen molar-refractivity contribution in [1.82, 2.24) is 15.3 Å². The third-order valence-electron chi connectivity index (χ3n) is 3.05. The fourth-order valence-electron chi connectivity index (χ4n) is 2.17. The fourth-order valence-corrected chi connectivity index (χ4v) is 2.17. The molecular weight excluding hydrogens is 222 g/mol. The molecule has 18 heavy (non-hydrogen) atoms. The maximum atomic E-state index is 4.63. The average molecular weight is 249 g/mol. The van der Waals surface area contributed by atoms with E-state index in [4.69, 9.17) is 0 Å². The Hall–Kier alpha value is -0.960. The van der Waals surface area contributed by atoms with Gasteiger partial charge in [0.05, 0.1) is 17.1 Å². The first kappa shape index (κ1) is 15.1. The van der Waals surface area contributed by atoms with E-state index in [-0.39, 0.29) is 0 Å². The molecule has 0 bridgehead atoms. The van der Waals surface area contributed by atoms with E-state index in [2.05, 4.69) is 36.1 Å². The number of nitrogens with one attached hydrogen (secondary N) is 1. The zero-order chi connectivity index (χ0) is 13.5. The zero-order valence-electron chi connectivity index (χ0n) is 12.5. The number of aromatic nitrogens is 2. The summed E-state index contributed by atoms with van der Waals surface area (Å²) in [5, 5.41) is 3.63. The van der Waals surface area contributed by atoms with E-state index < -0.39 is 0 Å². The number of hydrogen-bond acceptors (Lipinski definition) is 3. The molecule has 0 saturated carbocycles. The van der Waals surface area contributed by atoms with E-state index in [1.165, 1.54) is 12.8 Å². The SMILES string of the molecule is CCCNC(Cc1nc(C)cnc1C)CC(C)C. The molecule has 0 saturated heterocycles. The monoisotopic (exact) mass is 249 g/mol. The second kappa shape index (κ2) is 7.47. The molecule has 0 amide bonds. The Balaban J connectivity index is 2.71. The van der Waals surface area contributed by atoms with Crippen molar-refractivity contribution in [2.24, 2.45) is 5.92 Å². The van der Waals surface area contributed by atoms with Gasteiger partial charge in [-0.3, -0.25) is 9.97 Å². The van der Waals surface area contributed by atoms with Gasteiger partial charge < -0.3 is 5.32 Å². The Kier molecular flexibility index (Phi) is 6.27. The van der Waals surface area contributed by atoms with Crippen LogP contribution < -0.4 is 5.32 Å². The number of nitrogens with zero attached hydrogens (tertiary/aromatic N) is 2. The summed E-state index contributed by atoms with van der Waals surface area (Å²) in [5.41, 5.74) is 3.21. The van der Waals surface area contributed by atoms with Crippen LogP contribution in [0.3, 0.4) is 0 Å². The van der Waals surface area contributed by atoms with Crippen molar-refractivity contribution in [2.45, 2.75) is 59.9 Å². The summed E-state index contributed by atoms with van der Waals surface area (Å²) >= 11 is 0. The van der Waals surface area contributed by atoms with E-state index >= 15 is 0 Å². The number of aryl methyl sites for hydroxylation is 2. The van der Waals surface area contributed by atoms with Crippen molar-refractivity contribution in [2.75, 3.05) is 6.54 Å². The van der Waals surface area contributed by atoms with Gasteiger partial charge in [0, 0.05) is 18.7 Å². The third kappa shape index (κ3) is 5.13. The molecule has 1 N–H and O–H groups in total. The molecule has 1 heterocycles. The summed E-state index contributed by atoms with van der Waals surface area (Å²) in [4.78, 5) is 9.03. The molecule has 1 rings (SSSR count). The molecule has 3 heteroatoms. The van der Waals surface area contributed by atoms with Crippen LogP contribution in [0.4, 0.5) is 0 Å². The highest BCUT2D eigenvalue weighted by atomic mass is 14.9. The lowest BCUT2D eigenvalue weighted by molar-refractivity contribution is 0.412. The Labute approximate surface area is 111 Å². The highest BCUT2D eigenvalue weighted by Gasteiger charge is 2.13. The molecule has 1 aromatic rings. The van der Waals surface area contributed by atoms with Gasteiger partial charge in [-0.05, 0) is 39.2 Å². The summed E-state index contributed by atoms with van der Waals surface area (Å²) in [7, 11) is 0. The fraction of sp³-hybridized carbons (Fsp3) is 0.733. The number of hydrogen-bond donors (Lipinski definition) is 1. The molecule has 1 aromatic heterocycles. The van der Waals surface area contributed by atoms with Crippen LogP contribution in [0.15, 0.2) is 6.20 Å². The first-order valence-corrected chi connectivity index (χ1v) is 7.05. The minimum absolute atomic E-state index is 0.514. The minimum Gasteiger partial charge on any atom is -0.314 e. The van der Waals surface area contributed by atoms with E-state index in [0.29, 0.717) is 12.0 Å². The van der Waals surface area contributed by atoms with Gasteiger partial charge in [-0.15, -0.1) is 0 Å². The Morgan fingerprint density at radius 1 is 1.28 bits per heavy atom. The third-order valence-corrected chi connectivity index (χ3v) is 3.05. The van der Waals surface area contributed by atoms with E-state index in [9.17, 15) is 0 Å². The van der Waals surface area contributed by atoms with Crippen LogP contribution in [0.25, 0.3) is 0 Å². The first-order valence-electron chi connectivity index (χ1n) is 7.05. The smallest absolute Gasteiger partial charge is 0.0634 e. The van der Waals surface area contributed by atoms with E-state index in [0.717, 1.165) is 30.0 Å². The summed E-state index contributed by atoms with van der Waals surface area (Å²) < 4.78 is 0. The molecule has 0 aliphatic heterocycles. The lowest BCUT2D eigenvalue weighted by atomic mass is 9.99. The van der Waals surface area contributed by atoms with Gasteiger partial charge in [0.2, 0.25) is 0 Å². The van der Waals surface area contributed by atoms with Crippen molar-refractivity contribution in [1.29, 1.82) is 0 Å². The van der Waals surface area contributed by atoms with Crippen molar-refractivity contribution >= 4 is 0 Å². The minimum atomic E-state index is 0.514. The highest BCUT2D eigenvalue weighted by molar-refractivity contribution is 5.13. The molecule has 0 fully saturated rings. The second-order valence-electron chi connectivity index (χ2n) is 5.53. The van der Waals surface area contributed by atoms with Gasteiger partial charge in [-0.2, -0.15) is 0 Å². The van der Waals surface area contributed by atoms with Crippen LogP contribution in [0.2, 0.25) is 0 Å².